The van der Waals surface area contributed by atoms with Crippen molar-refractivity contribution in [3.8, 4) is 0 Å². The highest BCUT2D eigenvalue weighted by molar-refractivity contribution is 5.95. The molecular formula is C9H10N2O4. The molecule has 0 aromatic heterocycles. The number of ether oxygens (including phenoxy) is 1. The number of rotatable bonds is 3. The Balaban J connectivity index is 2.80. The van der Waals surface area contributed by atoms with Crippen molar-refractivity contribution in [2.75, 3.05) is 14.1 Å². The van der Waals surface area contributed by atoms with E-state index in [0.717, 1.165) is 12.3 Å². The first kappa shape index (κ1) is 11.0. The number of cyclic esters (lactones) is 1. The van der Waals surface area contributed by atoms with Gasteiger partial charge in [-0.1, -0.05) is 0 Å². The van der Waals surface area contributed by atoms with Crippen LogP contribution in [0.15, 0.2) is 35.9 Å². The van der Waals surface area contributed by atoms with Crippen molar-refractivity contribution in [2.45, 2.75) is 0 Å². The molecule has 0 N–H and O–H groups in total. The van der Waals surface area contributed by atoms with Gasteiger partial charge < -0.3 is 9.64 Å². The summed E-state index contributed by atoms with van der Waals surface area (Å²) in [7, 11) is 3.53. The van der Waals surface area contributed by atoms with Crippen molar-refractivity contribution in [1.29, 1.82) is 0 Å². The molecule has 1 heterocycles. The molecule has 0 aromatic carbocycles. The van der Waals surface area contributed by atoms with E-state index in [1.807, 2.05) is 0 Å². The van der Waals surface area contributed by atoms with E-state index in [-0.39, 0.29) is 5.76 Å². The Morgan fingerprint density at radius 2 is 2.20 bits per heavy atom. The summed E-state index contributed by atoms with van der Waals surface area (Å²) in [5.74, 6) is -0.337. The van der Waals surface area contributed by atoms with Crippen LogP contribution in [0, 0.1) is 10.1 Å². The second kappa shape index (κ2) is 4.41. The van der Waals surface area contributed by atoms with E-state index in [0.29, 0.717) is 5.57 Å². The van der Waals surface area contributed by atoms with Crippen LogP contribution in [-0.2, 0) is 9.53 Å². The van der Waals surface area contributed by atoms with Crippen molar-refractivity contribution in [2.24, 2.45) is 0 Å². The predicted molar refractivity (Wildman–Crippen MR) is 52.1 cm³/mol. The van der Waals surface area contributed by atoms with E-state index in [1.165, 1.54) is 6.08 Å². The van der Waals surface area contributed by atoms with Crippen LogP contribution >= 0.6 is 0 Å². The SMILES string of the molecule is CN(C)/C=C1C=C(/C=C/[N+](=O)[O-])OC/1=O. The van der Waals surface area contributed by atoms with Gasteiger partial charge in [0.1, 0.15) is 5.76 Å². The summed E-state index contributed by atoms with van der Waals surface area (Å²) in [5, 5.41) is 10.0. The average molecular weight is 210 g/mol. The van der Waals surface area contributed by atoms with E-state index in [9.17, 15) is 14.9 Å². The highest BCUT2D eigenvalue weighted by Crippen LogP contribution is 2.17. The van der Waals surface area contributed by atoms with Gasteiger partial charge in [-0.3, -0.25) is 10.1 Å². The number of esters is 1. The highest BCUT2D eigenvalue weighted by atomic mass is 16.6. The van der Waals surface area contributed by atoms with E-state index in [2.05, 4.69) is 0 Å². The molecule has 0 unspecified atom stereocenters. The maximum Gasteiger partial charge on any atom is 0.345 e. The summed E-state index contributed by atoms with van der Waals surface area (Å²) in [4.78, 5) is 22.3. The zero-order chi connectivity index (χ0) is 11.4. The third kappa shape index (κ3) is 3.26. The average Bonchev–Trinajstić information content (AvgIpc) is 2.43. The molecule has 1 aliphatic heterocycles. The van der Waals surface area contributed by atoms with Crippen molar-refractivity contribution < 1.29 is 14.5 Å². The largest absolute Gasteiger partial charge is 0.423 e. The van der Waals surface area contributed by atoms with Gasteiger partial charge in [-0.05, 0) is 6.08 Å². The number of hydrogen-bond donors (Lipinski definition) is 0. The van der Waals surface area contributed by atoms with Crippen molar-refractivity contribution in [3.63, 3.8) is 0 Å². The second-order valence-electron chi connectivity index (χ2n) is 3.09. The molecule has 0 bridgehead atoms. The number of carbonyl (C=O) groups excluding carboxylic acids is 1. The van der Waals surface area contributed by atoms with Crippen LogP contribution < -0.4 is 0 Å². The maximum atomic E-state index is 11.2. The van der Waals surface area contributed by atoms with Gasteiger partial charge in [0.25, 0.3) is 0 Å². The van der Waals surface area contributed by atoms with Crippen molar-refractivity contribution in [3.05, 3.63) is 46.0 Å². The zero-order valence-corrected chi connectivity index (χ0v) is 8.34. The normalized spacial score (nSPS) is 18.1. The Morgan fingerprint density at radius 1 is 1.53 bits per heavy atom. The topological polar surface area (TPSA) is 72.7 Å². The molecule has 80 valence electrons. The maximum absolute atomic E-state index is 11.2. The smallest absolute Gasteiger partial charge is 0.345 e. The molecule has 0 aliphatic carbocycles. The van der Waals surface area contributed by atoms with Crippen LogP contribution in [0.25, 0.3) is 0 Å². The minimum atomic E-state index is -0.623. The number of hydrogen-bond acceptors (Lipinski definition) is 5. The van der Waals surface area contributed by atoms with Gasteiger partial charge in [-0.15, -0.1) is 0 Å². The van der Waals surface area contributed by atoms with Crippen molar-refractivity contribution in [1.82, 2.24) is 4.90 Å². The third-order valence-electron chi connectivity index (χ3n) is 1.50. The van der Waals surface area contributed by atoms with Crippen LogP contribution in [0.5, 0.6) is 0 Å². The summed E-state index contributed by atoms with van der Waals surface area (Å²) in [6.45, 7) is 0. The minimum absolute atomic E-state index is 0.171. The molecule has 0 saturated carbocycles. The first-order valence-electron chi connectivity index (χ1n) is 4.13. The van der Waals surface area contributed by atoms with Crippen LogP contribution in [0.3, 0.4) is 0 Å². The molecule has 1 aliphatic rings. The zero-order valence-electron chi connectivity index (χ0n) is 8.34. The lowest BCUT2D eigenvalue weighted by Gasteiger charge is -2.03. The number of nitro groups is 1. The molecule has 0 atom stereocenters. The summed E-state index contributed by atoms with van der Waals surface area (Å²) >= 11 is 0. The van der Waals surface area contributed by atoms with E-state index >= 15 is 0 Å². The molecule has 15 heavy (non-hydrogen) atoms. The third-order valence-corrected chi connectivity index (χ3v) is 1.50. The fourth-order valence-corrected chi connectivity index (χ4v) is 0.992. The van der Waals surface area contributed by atoms with Gasteiger partial charge >= 0.3 is 5.97 Å². The van der Waals surface area contributed by atoms with Crippen LogP contribution in [0.1, 0.15) is 0 Å². The van der Waals surface area contributed by atoms with Crippen LogP contribution in [0.4, 0.5) is 0 Å². The first-order valence-corrected chi connectivity index (χ1v) is 4.13. The molecule has 0 spiro atoms. The van der Waals surface area contributed by atoms with Gasteiger partial charge in [0.05, 0.1) is 16.6 Å². The number of nitrogens with zero attached hydrogens (tertiary/aromatic N) is 2. The number of allylic oxidation sites excluding steroid dienone is 1. The van der Waals surface area contributed by atoms with E-state index in [4.69, 9.17) is 4.74 Å². The monoisotopic (exact) mass is 210 g/mol. The molecular weight excluding hydrogens is 200 g/mol. The first-order chi connectivity index (χ1) is 6.99. The lowest BCUT2D eigenvalue weighted by Crippen LogP contribution is -2.05. The fourth-order valence-electron chi connectivity index (χ4n) is 0.992. The molecule has 6 nitrogen and oxygen atoms in total. The molecule has 0 fully saturated rings. The molecule has 6 heteroatoms. The van der Waals surface area contributed by atoms with Gasteiger partial charge in [-0.25, -0.2) is 4.79 Å². The Morgan fingerprint density at radius 3 is 2.73 bits per heavy atom. The van der Waals surface area contributed by atoms with Crippen LogP contribution in [-0.4, -0.2) is 29.9 Å². The lowest BCUT2D eigenvalue weighted by atomic mass is 10.3. The van der Waals surface area contributed by atoms with Gasteiger partial charge in [0.2, 0.25) is 6.20 Å². The Hall–Kier alpha value is -2.11. The van der Waals surface area contributed by atoms with Gasteiger partial charge in [0.15, 0.2) is 0 Å². The highest BCUT2D eigenvalue weighted by Gasteiger charge is 2.19. The molecule has 1 rings (SSSR count). The lowest BCUT2D eigenvalue weighted by molar-refractivity contribution is -0.402. The summed E-state index contributed by atoms with van der Waals surface area (Å²) in [6.07, 6.45) is 4.88. The summed E-state index contributed by atoms with van der Waals surface area (Å²) in [5.41, 5.74) is 0.364. The standard InChI is InChI=1S/C9H10N2O4/c1-10(2)6-7-5-8(15-9(7)12)3-4-11(13)14/h3-6H,1-2H3/b4-3+,7-6-. The second-order valence-corrected chi connectivity index (χ2v) is 3.09. The van der Waals surface area contributed by atoms with Gasteiger partial charge in [-0.2, -0.15) is 0 Å². The molecule has 0 saturated heterocycles. The molecule has 0 radical (unpaired) electrons. The fraction of sp³-hybridized carbons (Fsp3) is 0.222. The minimum Gasteiger partial charge on any atom is -0.423 e. The Kier molecular flexibility index (Phi) is 3.22. The van der Waals surface area contributed by atoms with E-state index < -0.39 is 10.9 Å². The molecule has 0 aromatic rings. The predicted octanol–water partition coefficient (Wildman–Crippen LogP) is 0.663. The van der Waals surface area contributed by atoms with Gasteiger partial charge in [0, 0.05) is 20.3 Å². The Bertz CT molecular complexity index is 380. The van der Waals surface area contributed by atoms with Crippen molar-refractivity contribution >= 4 is 5.97 Å². The summed E-state index contributed by atoms with van der Waals surface area (Å²) < 4.78 is 4.76. The summed E-state index contributed by atoms with van der Waals surface area (Å²) in [6, 6.07) is 0. The Labute approximate surface area is 86.3 Å². The number of carbonyl (C=O) groups is 1. The van der Waals surface area contributed by atoms with Crippen LogP contribution in [0.2, 0.25) is 0 Å². The van der Waals surface area contributed by atoms with E-state index in [1.54, 1.807) is 25.2 Å². The molecule has 0 amide bonds. The quantitative estimate of drug-likeness (QED) is 0.296.